The van der Waals surface area contributed by atoms with Crippen molar-refractivity contribution in [1.29, 1.82) is 0 Å². The molecule has 0 aliphatic carbocycles. The first-order valence-electron chi connectivity index (χ1n) is 9.18. The summed E-state index contributed by atoms with van der Waals surface area (Å²) in [4.78, 5) is 18.8. The average molecular weight is 384 g/mol. The third kappa shape index (κ3) is 3.78. The van der Waals surface area contributed by atoms with Crippen LogP contribution >= 0.6 is 11.6 Å². The van der Waals surface area contributed by atoms with E-state index in [0.29, 0.717) is 23.7 Å². The Labute approximate surface area is 163 Å². The molecule has 1 atom stereocenters. The van der Waals surface area contributed by atoms with Crippen LogP contribution in [-0.2, 0) is 18.3 Å². The van der Waals surface area contributed by atoms with Crippen molar-refractivity contribution in [2.45, 2.75) is 25.4 Å². The van der Waals surface area contributed by atoms with Gasteiger partial charge in [-0.2, -0.15) is 0 Å². The zero-order valence-electron chi connectivity index (χ0n) is 15.3. The van der Waals surface area contributed by atoms with Gasteiger partial charge in [0.15, 0.2) is 0 Å². The summed E-state index contributed by atoms with van der Waals surface area (Å²) in [5.74, 6) is 0.764. The number of benzene rings is 1. The number of amides is 1. The normalized spacial score (nSPS) is 17.3. The molecule has 1 unspecified atom stereocenters. The predicted molar refractivity (Wildman–Crippen MR) is 106 cm³/mol. The van der Waals surface area contributed by atoms with Crippen molar-refractivity contribution in [2.24, 2.45) is 7.05 Å². The van der Waals surface area contributed by atoms with Crippen LogP contribution < -0.4 is 4.74 Å². The zero-order chi connectivity index (χ0) is 18.8. The second-order valence-corrected chi connectivity index (χ2v) is 7.39. The Morgan fingerprint density at radius 3 is 3.04 bits per heavy atom. The smallest absolute Gasteiger partial charge is 0.227 e. The van der Waals surface area contributed by atoms with Crippen molar-refractivity contribution in [3.8, 4) is 5.75 Å². The molecule has 3 aromatic rings. The minimum absolute atomic E-state index is 0.0462. The number of nitrogens with zero attached hydrogens (tertiary/aromatic N) is 3. The fourth-order valence-electron chi connectivity index (χ4n) is 3.74. The molecule has 0 bridgehead atoms. The second kappa shape index (κ2) is 7.61. The van der Waals surface area contributed by atoms with Gasteiger partial charge in [0.05, 0.1) is 13.0 Å². The lowest BCUT2D eigenvalue weighted by molar-refractivity contribution is -0.133. The van der Waals surface area contributed by atoms with E-state index in [1.54, 1.807) is 18.5 Å². The van der Waals surface area contributed by atoms with Crippen LogP contribution in [0.25, 0.3) is 10.9 Å². The number of rotatable bonds is 4. The standard InChI is InChI=1S/C21H22ClN3O2/c1-24-13-15(17-6-2-3-7-19(17)24)11-21(26)25-10-4-5-16(14-25)27-20-8-9-23-12-18(20)22/h2-3,6-9,12-13,16H,4-5,10-11,14H2,1H3. The molecule has 0 saturated carbocycles. The third-order valence-corrected chi connectivity index (χ3v) is 5.36. The molecule has 0 radical (unpaired) electrons. The van der Waals surface area contributed by atoms with Crippen LogP contribution in [0.5, 0.6) is 5.75 Å². The summed E-state index contributed by atoms with van der Waals surface area (Å²) in [7, 11) is 2.01. The SMILES string of the molecule is Cn1cc(CC(=O)N2CCCC(Oc3ccncc3Cl)C2)c2ccccc21. The largest absolute Gasteiger partial charge is 0.487 e. The highest BCUT2D eigenvalue weighted by Gasteiger charge is 2.26. The highest BCUT2D eigenvalue weighted by molar-refractivity contribution is 6.31. The Kier molecular flexibility index (Phi) is 5.03. The van der Waals surface area contributed by atoms with E-state index >= 15 is 0 Å². The number of carbonyl (C=O) groups excluding carboxylic acids is 1. The number of likely N-dealkylation sites (tertiary alicyclic amines) is 1. The van der Waals surface area contributed by atoms with Crippen LogP contribution in [0.4, 0.5) is 0 Å². The lowest BCUT2D eigenvalue weighted by atomic mass is 10.1. The molecule has 1 aliphatic heterocycles. The number of ether oxygens (including phenoxy) is 1. The number of hydrogen-bond acceptors (Lipinski definition) is 3. The van der Waals surface area contributed by atoms with Crippen molar-refractivity contribution in [3.63, 3.8) is 0 Å². The van der Waals surface area contributed by atoms with Crippen molar-refractivity contribution < 1.29 is 9.53 Å². The Hall–Kier alpha value is -2.53. The maximum atomic E-state index is 12.9. The molecule has 2 aromatic heterocycles. The fourth-order valence-corrected chi connectivity index (χ4v) is 3.90. The molecule has 0 N–H and O–H groups in total. The molecular weight excluding hydrogens is 362 g/mol. The molecule has 5 nitrogen and oxygen atoms in total. The van der Waals surface area contributed by atoms with Crippen molar-refractivity contribution in [1.82, 2.24) is 14.5 Å². The van der Waals surface area contributed by atoms with Gasteiger partial charge in [-0.05, 0) is 24.5 Å². The van der Waals surface area contributed by atoms with E-state index in [9.17, 15) is 4.79 Å². The molecule has 1 amide bonds. The molecule has 140 valence electrons. The van der Waals surface area contributed by atoms with E-state index in [-0.39, 0.29) is 12.0 Å². The molecule has 1 aliphatic rings. The van der Waals surface area contributed by atoms with Gasteiger partial charge in [-0.25, -0.2) is 0 Å². The molecule has 0 spiro atoms. The minimum atomic E-state index is -0.0462. The molecule has 3 heterocycles. The van der Waals surface area contributed by atoms with E-state index in [0.717, 1.165) is 35.9 Å². The zero-order valence-corrected chi connectivity index (χ0v) is 16.0. The number of carbonyl (C=O) groups is 1. The topological polar surface area (TPSA) is 47.4 Å². The molecule has 1 aromatic carbocycles. The van der Waals surface area contributed by atoms with E-state index in [2.05, 4.69) is 27.9 Å². The monoisotopic (exact) mass is 383 g/mol. The number of aryl methyl sites for hydroxylation is 1. The summed E-state index contributed by atoms with van der Waals surface area (Å²) in [5, 5.41) is 1.64. The van der Waals surface area contributed by atoms with Gasteiger partial charge in [0, 0.05) is 49.2 Å². The van der Waals surface area contributed by atoms with Gasteiger partial charge in [-0.1, -0.05) is 29.8 Å². The number of fused-ring (bicyclic) bond motifs is 1. The number of para-hydroxylation sites is 1. The van der Waals surface area contributed by atoms with Crippen LogP contribution in [0.15, 0.2) is 48.9 Å². The summed E-state index contributed by atoms with van der Waals surface area (Å²) in [6, 6.07) is 9.95. The maximum Gasteiger partial charge on any atom is 0.227 e. The Morgan fingerprint density at radius 2 is 2.19 bits per heavy atom. The number of pyridine rings is 1. The lowest BCUT2D eigenvalue weighted by Gasteiger charge is -2.33. The van der Waals surface area contributed by atoms with Gasteiger partial charge >= 0.3 is 0 Å². The molecular formula is C21H22ClN3O2. The summed E-state index contributed by atoms with van der Waals surface area (Å²) < 4.78 is 8.10. The van der Waals surface area contributed by atoms with Crippen LogP contribution in [0.2, 0.25) is 5.02 Å². The van der Waals surface area contributed by atoms with Crippen LogP contribution in [0.1, 0.15) is 18.4 Å². The van der Waals surface area contributed by atoms with Gasteiger partial charge in [-0.15, -0.1) is 0 Å². The lowest BCUT2D eigenvalue weighted by Crippen LogP contribution is -2.45. The first-order chi connectivity index (χ1) is 13.1. The van der Waals surface area contributed by atoms with Crippen molar-refractivity contribution in [2.75, 3.05) is 13.1 Å². The number of piperidine rings is 1. The van der Waals surface area contributed by atoms with Gasteiger partial charge in [-0.3, -0.25) is 9.78 Å². The van der Waals surface area contributed by atoms with Gasteiger partial charge in [0.1, 0.15) is 16.9 Å². The van der Waals surface area contributed by atoms with E-state index < -0.39 is 0 Å². The number of hydrogen-bond donors (Lipinski definition) is 0. The Morgan fingerprint density at radius 1 is 1.33 bits per heavy atom. The van der Waals surface area contributed by atoms with Crippen molar-refractivity contribution >= 4 is 28.4 Å². The van der Waals surface area contributed by atoms with Gasteiger partial charge in [0.2, 0.25) is 5.91 Å². The number of halogens is 1. The van der Waals surface area contributed by atoms with Crippen LogP contribution in [0, 0.1) is 0 Å². The van der Waals surface area contributed by atoms with Crippen LogP contribution in [0.3, 0.4) is 0 Å². The second-order valence-electron chi connectivity index (χ2n) is 6.99. The minimum Gasteiger partial charge on any atom is -0.487 e. The Bertz CT molecular complexity index is 969. The molecule has 1 fully saturated rings. The van der Waals surface area contributed by atoms with Crippen molar-refractivity contribution in [3.05, 3.63) is 59.5 Å². The molecule has 6 heteroatoms. The Balaban J connectivity index is 1.45. The predicted octanol–water partition coefficient (Wildman–Crippen LogP) is 3.84. The van der Waals surface area contributed by atoms with Gasteiger partial charge < -0.3 is 14.2 Å². The maximum absolute atomic E-state index is 12.9. The third-order valence-electron chi connectivity index (χ3n) is 5.08. The quantitative estimate of drug-likeness (QED) is 0.687. The number of aromatic nitrogens is 2. The highest BCUT2D eigenvalue weighted by Crippen LogP contribution is 2.26. The van der Waals surface area contributed by atoms with E-state index in [1.165, 1.54) is 0 Å². The first kappa shape index (κ1) is 17.9. The summed E-state index contributed by atoms with van der Waals surface area (Å²) in [5.41, 5.74) is 2.21. The van der Waals surface area contributed by atoms with E-state index in [1.807, 2.05) is 24.1 Å². The molecule has 4 rings (SSSR count). The molecule has 27 heavy (non-hydrogen) atoms. The first-order valence-corrected chi connectivity index (χ1v) is 9.56. The highest BCUT2D eigenvalue weighted by atomic mass is 35.5. The molecule has 1 saturated heterocycles. The summed E-state index contributed by atoms with van der Waals surface area (Å²) in [6.07, 6.45) is 7.48. The van der Waals surface area contributed by atoms with Gasteiger partial charge in [0.25, 0.3) is 0 Å². The summed E-state index contributed by atoms with van der Waals surface area (Å²) in [6.45, 7) is 1.36. The fraction of sp³-hybridized carbons (Fsp3) is 0.333. The average Bonchev–Trinajstić information content (AvgIpc) is 3.00. The van der Waals surface area contributed by atoms with E-state index in [4.69, 9.17) is 16.3 Å². The van der Waals surface area contributed by atoms with Crippen LogP contribution in [-0.4, -0.2) is 39.6 Å². The summed E-state index contributed by atoms with van der Waals surface area (Å²) >= 11 is 6.14.